The first-order valence-electron chi connectivity index (χ1n) is 12.1. The molecule has 1 unspecified atom stereocenters. The maximum Gasteiger partial charge on any atom is 0.472 e. The number of para-hydroxylation sites is 1. The van der Waals surface area contributed by atoms with Gasteiger partial charge in [0.15, 0.2) is 0 Å². The van der Waals surface area contributed by atoms with E-state index in [9.17, 15) is 36.0 Å². The summed E-state index contributed by atoms with van der Waals surface area (Å²) in [6.45, 7) is 0. The number of fused-ring (bicyclic) bond motifs is 1. The van der Waals surface area contributed by atoms with Gasteiger partial charge in [-0.1, -0.05) is 43.5 Å². The lowest BCUT2D eigenvalue weighted by molar-refractivity contribution is -0.171. The number of alkyl halides is 3. The quantitative estimate of drug-likeness (QED) is 0.509. The van der Waals surface area contributed by atoms with Gasteiger partial charge in [0.05, 0.1) is 10.6 Å². The maximum atomic E-state index is 13.8. The number of aliphatic imine (C=N–C) groups is 1. The lowest BCUT2D eigenvalue weighted by Crippen LogP contribution is -2.63. The number of likely N-dealkylation sites (N-methyl/N-ethyl adjacent to an activating group) is 1. The molecule has 0 aromatic heterocycles. The van der Waals surface area contributed by atoms with Crippen LogP contribution < -0.4 is 20.3 Å². The van der Waals surface area contributed by atoms with Crippen molar-refractivity contribution in [2.75, 3.05) is 17.3 Å². The van der Waals surface area contributed by atoms with Gasteiger partial charge < -0.3 is 15.5 Å². The van der Waals surface area contributed by atoms with Crippen LogP contribution in [0, 0.1) is 5.92 Å². The van der Waals surface area contributed by atoms with E-state index in [4.69, 9.17) is 0 Å². The summed E-state index contributed by atoms with van der Waals surface area (Å²) in [5.74, 6) is -3.42. The number of halogens is 3. The van der Waals surface area contributed by atoms with Crippen molar-refractivity contribution in [1.82, 2.24) is 10.0 Å². The largest absolute Gasteiger partial charge is 0.472 e. The van der Waals surface area contributed by atoms with Crippen molar-refractivity contribution >= 4 is 45.5 Å². The zero-order valence-corrected chi connectivity index (χ0v) is 21.6. The number of hydrogen-bond donors (Lipinski definition) is 3. The third-order valence-electron chi connectivity index (χ3n) is 6.72. The van der Waals surface area contributed by atoms with E-state index in [1.807, 2.05) is 0 Å². The Labute approximate surface area is 222 Å². The van der Waals surface area contributed by atoms with Gasteiger partial charge in [0.25, 0.3) is 15.9 Å². The second-order valence-corrected chi connectivity index (χ2v) is 11.0. The maximum absolute atomic E-state index is 13.8. The highest BCUT2D eigenvalue weighted by molar-refractivity contribution is 7.90. The van der Waals surface area contributed by atoms with Crippen molar-refractivity contribution < 1.29 is 36.0 Å². The van der Waals surface area contributed by atoms with Crippen LogP contribution in [0.2, 0.25) is 0 Å². The van der Waals surface area contributed by atoms with Gasteiger partial charge in [0, 0.05) is 30.4 Å². The molecule has 1 aliphatic heterocycles. The summed E-state index contributed by atoms with van der Waals surface area (Å²) in [6, 6.07) is 10.6. The predicted molar refractivity (Wildman–Crippen MR) is 137 cm³/mol. The molecule has 39 heavy (non-hydrogen) atoms. The predicted octanol–water partition coefficient (Wildman–Crippen LogP) is 3.55. The van der Waals surface area contributed by atoms with Crippen molar-refractivity contribution in [1.29, 1.82) is 0 Å². The number of carbonyl (C=O) groups is 3. The molecular weight excluding hydrogens is 539 g/mol. The van der Waals surface area contributed by atoms with Crippen LogP contribution >= 0.6 is 0 Å². The molecule has 1 saturated carbocycles. The Kier molecular flexibility index (Phi) is 7.68. The first kappa shape index (κ1) is 28.1. The fourth-order valence-electron chi connectivity index (χ4n) is 4.80. The zero-order valence-electron chi connectivity index (χ0n) is 20.8. The molecule has 0 spiro atoms. The summed E-state index contributed by atoms with van der Waals surface area (Å²) >= 11 is 0. The third kappa shape index (κ3) is 5.90. The molecule has 1 fully saturated rings. The van der Waals surface area contributed by atoms with Crippen LogP contribution in [0.3, 0.4) is 0 Å². The Morgan fingerprint density at radius 1 is 1.05 bits per heavy atom. The van der Waals surface area contributed by atoms with E-state index in [1.165, 1.54) is 17.0 Å². The number of nitrogens with one attached hydrogen (secondary N) is 3. The summed E-state index contributed by atoms with van der Waals surface area (Å²) in [6.07, 6.45) is 0.0910. The van der Waals surface area contributed by atoms with Crippen LogP contribution in [0.25, 0.3) is 0 Å². The van der Waals surface area contributed by atoms with E-state index < -0.39 is 44.6 Å². The molecule has 2 aliphatic rings. The van der Waals surface area contributed by atoms with Gasteiger partial charge in [-0.3, -0.25) is 14.6 Å². The zero-order chi connectivity index (χ0) is 28.4. The van der Waals surface area contributed by atoms with E-state index in [-0.39, 0.29) is 11.6 Å². The minimum Gasteiger partial charge on any atom is -0.311 e. The first-order valence-corrected chi connectivity index (χ1v) is 13.6. The fourth-order valence-corrected chi connectivity index (χ4v) is 5.81. The summed E-state index contributed by atoms with van der Waals surface area (Å²) in [4.78, 5) is 43.6. The van der Waals surface area contributed by atoms with Gasteiger partial charge in [0.1, 0.15) is 0 Å². The van der Waals surface area contributed by atoms with Crippen LogP contribution in [-0.4, -0.2) is 51.4 Å². The highest BCUT2D eigenvalue weighted by Gasteiger charge is 2.50. The van der Waals surface area contributed by atoms with E-state index in [2.05, 4.69) is 15.6 Å². The molecule has 208 valence electrons. The molecule has 1 heterocycles. The number of urea groups is 1. The van der Waals surface area contributed by atoms with Crippen LogP contribution in [-0.2, 0) is 19.6 Å². The van der Waals surface area contributed by atoms with Crippen molar-refractivity contribution in [2.24, 2.45) is 10.9 Å². The molecule has 0 bridgehead atoms. The second kappa shape index (κ2) is 10.7. The number of nitrogens with zero attached hydrogens (tertiary/aromatic N) is 2. The minimum absolute atomic E-state index is 0.102. The van der Waals surface area contributed by atoms with Gasteiger partial charge in [-0.05, 0) is 37.1 Å². The Morgan fingerprint density at radius 3 is 2.44 bits per heavy atom. The van der Waals surface area contributed by atoms with E-state index >= 15 is 0 Å². The van der Waals surface area contributed by atoms with Crippen molar-refractivity contribution in [2.45, 2.75) is 48.8 Å². The summed E-state index contributed by atoms with van der Waals surface area (Å²) < 4.78 is 63.2. The average molecular weight is 566 g/mol. The van der Waals surface area contributed by atoms with Crippen LogP contribution in [0.5, 0.6) is 0 Å². The van der Waals surface area contributed by atoms with Crippen LogP contribution in [0.15, 0.2) is 58.4 Å². The van der Waals surface area contributed by atoms with Gasteiger partial charge in [0.2, 0.25) is 5.66 Å². The fraction of sp³-hybridized carbons (Fsp3) is 0.360. The van der Waals surface area contributed by atoms with Crippen molar-refractivity contribution in [3.8, 4) is 0 Å². The number of carbonyl (C=O) groups excluding carboxylic acids is 3. The Hall–Kier alpha value is -3.94. The van der Waals surface area contributed by atoms with Crippen molar-refractivity contribution in [3.63, 3.8) is 0 Å². The molecule has 0 radical (unpaired) electrons. The molecule has 10 nitrogen and oxygen atoms in total. The smallest absolute Gasteiger partial charge is 0.311 e. The summed E-state index contributed by atoms with van der Waals surface area (Å²) in [7, 11) is -3.29. The Bertz CT molecular complexity index is 1420. The lowest BCUT2D eigenvalue weighted by Gasteiger charge is -2.40. The number of amides is 4. The number of benzene rings is 2. The number of benzodiazepines with no additional fused rings is 1. The molecule has 4 amide bonds. The topological polar surface area (TPSA) is 137 Å². The first-order chi connectivity index (χ1) is 18.3. The molecule has 14 heteroatoms. The van der Waals surface area contributed by atoms with E-state index in [1.54, 1.807) is 37.5 Å². The van der Waals surface area contributed by atoms with Crippen LogP contribution in [0.1, 0.15) is 37.7 Å². The SMILES string of the molecule is CN1C(=O)C(NC(=O)Nc2cccc(S(=O)(=O)NC(=O)C(F)(F)F)c2)(C2CCCCC2)N=Cc2ccccc21. The normalized spacial score (nSPS) is 20.1. The van der Waals surface area contributed by atoms with E-state index in [0.29, 0.717) is 24.1 Å². The highest BCUT2D eigenvalue weighted by Crippen LogP contribution is 2.38. The number of anilines is 2. The van der Waals surface area contributed by atoms with Gasteiger partial charge in [-0.25, -0.2) is 17.9 Å². The monoisotopic (exact) mass is 565 g/mol. The molecule has 3 N–H and O–H groups in total. The van der Waals surface area contributed by atoms with Crippen molar-refractivity contribution in [3.05, 3.63) is 54.1 Å². The number of sulfonamides is 1. The van der Waals surface area contributed by atoms with Crippen LogP contribution in [0.4, 0.5) is 29.3 Å². The highest BCUT2D eigenvalue weighted by atomic mass is 32.2. The molecule has 2 aromatic rings. The van der Waals surface area contributed by atoms with Gasteiger partial charge in [-0.15, -0.1) is 0 Å². The summed E-state index contributed by atoms with van der Waals surface area (Å²) in [5.41, 5.74) is -0.449. The third-order valence-corrected chi connectivity index (χ3v) is 8.05. The van der Waals surface area contributed by atoms with Gasteiger partial charge in [-0.2, -0.15) is 13.2 Å². The number of rotatable bonds is 5. The molecule has 4 rings (SSSR count). The minimum atomic E-state index is -5.41. The Balaban J connectivity index is 1.61. The molecule has 1 atom stereocenters. The van der Waals surface area contributed by atoms with E-state index in [0.717, 1.165) is 36.1 Å². The lowest BCUT2D eigenvalue weighted by atomic mass is 9.79. The Morgan fingerprint density at radius 2 is 1.74 bits per heavy atom. The van der Waals surface area contributed by atoms with Gasteiger partial charge >= 0.3 is 18.1 Å². The molecule has 1 aliphatic carbocycles. The molecular formula is C25H26F3N5O5S. The molecule has 2 aromatic carbocycles. The second-order valence-electron chi connectivity index (χ2n) is 9.32. The molecule has 0 saturated heterocycles. The number of hydrogen-bond acceptors (Lipinski definition) is 6. The average Bonchev–Trinajstić information content (AvgIpc) is 3.00. The summed E-state index contributed by atoms with van der Waals surface area (Å²) in [5, 5.41) is 5.14. The standard InChI is InChI=1S/C25H26F3N5O5S/c1-33-20-13-6-5-8-16(20)15-29-24(22(33)35,17-9-3-2-4-10-17)31-23(36)30-18-11-7-12-19(14-18)39(37,38)32-21(34)25(26,27)28/h5-8,11-15,17H,2-4,9-10H2,1H3,(H,32,34)(H2,30,31,36).